The fourth-order valence-electron chi connectivity index (χ4n) is 3.06. The number of benzene rings is 2. The summed E-state index contributed by atoms with van der Waals surface area (Å²) in [4.78, 5) is 2.37. The molecule has 0 aromatic heterocycles. The summed E-state index contributed by atoms with van der Waals surface area (Å²) < 4.78 is 19.2. The molecule has 1 fully saturated rings. The van der Waals surface area contributed by atoms with Crippen molar-refractivity contribution in [2.75, 3.05) is 32.8 Å². The first-order valence-electron chi connectivity index (χ1n) is 8.26. The standard InChI is InChI=1S/C19H22ClFN2O/c20-17-7-3-2-6-16(17)19(23-9-11-24-12-10-23)14-22-13-15-5-1-4-8-18(15)21/h1-8,19,22H,9-14H2. The van der Waals surface area contributed by atoms with Crippen LogP contribution >= 0.6 is 11.6 Å². The molecule has 1 heterocycles. The summed E-state index contributed by atoms with van der Waals surface area (Å²) in [7, 11) is 0. The van der Waals surface area contributed by atoms with Gasteiger partial charge in [-0.05, 0) is 17.7 Å². The van der Waals surface area contributed by atoms with Gasteiger partial charge >= 0.3 is 0 Å². The molecule has 0 bridgehead atoms. The number of ether oxygens (including phenoxy) is 1. The lowest BCUT2D eigenvalue weighted by atomic mass is 10.0. The highest BCUT2D eigenvalue weighted by Gasteiger charge is 2.24. The van der Waals surface area contributed by atoms with E-state index in [1.807, 2.05) is 30.3 Å². The third-order valence-electron chi connectivity index (χ3n) is 4.36. The molecule has 2 aromatic rings. The highest BCUT2D eigenvalue weighted by Crippen LogP contribution is 2.27. The minimum absolute atomic E-state index is 0.148. The predicted molar refractivity (Wildman–Crippen MR) is 94.7 cm³/mol. The molecule has 1 atom stereocenters. The second-order valence-corrected chi connectivity index (χ2v) is 6.32. The number of halogens is 2. The number of nitrogens with one attached hydrogen (secondary N) is 1. The van der Waals surface area contributed by atoms with Crippen molar-refractivity contribution in [1.82, 2.24) is 10.2 Å². The van der Waals surface area contributed by atoms with Crippen LogP contribution in [0.25, 0.3) is 0 Å². The van der Waals surface area contributed by atoms with E-state index in [1.165, 1.54) is 6.07 Å². The van der Waals surface area contributed by atoms with Gasteiger partial charge in [-0.1, -0.05) is 48.0 Å². The molecule has 1 N–H and O–H groups in total. The Labute approximate surface area is 147 Å². The zero-order valence-electron chi connectivity index (χ0n) is 13.6. The number of rotatable bonds is 6. The van der Waals surface area contributed by atoms with Gasteiger partial charge in [-0.2, -0.15) is 0 Å². The fourth-order valence-corrected chi connectivity index (χ4v) is 3.32. The SMILES string of the molecule is Fc1ccccc1CNCC(c1ccccc1Cl)N1CCOCC1. The van der Waals surface area contributed by atoms with Crippen LogP contribution in [0.15, 0.2) is 48.5 Å². The van der Waals surface area contributed by atoms with Crippen LogP contribution in [-0.2, 0) is 11.3 Å². The van der Waals surface area contributed by atoms with Crippen molar-refractivity contribution in [1.29, 1.82) is 0 Å². The van der Waals surface area contributed by atoms with Gasteiger partial charge in [-0.3, -0.25) is 4.90 Å². The Morgan fingerprint density at radius 3 is 2.54 bits per heavy atom. The van der Waals surface area contributed by atoms with E-state index in [9.17, 15) is 4.39 Å². The Kier molecular flexibility index (Phi) is 6.21. The van der Waals surface area contributed by atoms with Gasteiger partial charge in [0, 0.05) is 42.8 Å². The molecule has 3 rings (SSSR count). The van der Waals surface area contributed by atoms with Crippen molar-refractivity contribution in [3.63, 3.8) is 0 Å². The maximum absolute atomic E-state index is 13.8. The molecule has 128 valence electrons. The molecule has 0 saturated carbocycles. The highest BCUT2D eigenvalue weighted by molar-refractivity contribution is 6.31. The van der Waals surface area contributed by atoms with Gasteiger partial charge in [0.05, 0.1) is 13.2 Å². The Morgan fingerprint density at radius 1 is 1.08 bits per heavy atom. The van der Waals surface area contributed by atoms with Crippen molar-refractivity contribution >= 4 is 11.6 Å². The molecule has 2 aromatic carbocycles. The minimum Gasteiger partial charge on any atom is -0.379 e. The minimum atomic E-state index is -0.175. The van der Waals surface area contributed by atoms with Crippen LogP contribution in [-0.4, -0.2) is 37.7 Å². The van der Waals surface area contributed by atoms with Crippen LogP contribution in [0.2, 0.25) is 5.02 Å². The van der Waals surface area contributed by atoms with Crippen LogP contribution in [0.5, 0.6) is 0 Å². The maximum Gasteiger partial charge on any atom is 0.127 e. The van der Waals surface area contributed by atoms with E-state index in [-0.39, 0.29) is 11.9 Å². The summed E-state index contributed by atoms with van der Waals surface area (Å²) in [5.41, 5.74) is 1.78. The molecule has 5 heteroatoms. The van der Waals surface area contributed by atoms with Gasteiger partial charge in [-0.25, -0.2) is 4.39 Å². The fraction of sp³-hybridized carbons (Fsp3) is 0.368. The zero-order valence-corrected chi connectivity index (χ0v) is 14.3. The number of morpholine rings is 1. The van der Waals surface area contributed by atoms with Crippen LogP contribution < -0.4 is 5.32 Å². The van der Waals surface area contributed by atoms with Gasteiger partial charge in [0.2, 0.25) is 0 Å². The third kappa shape index (κ3) is 4.33. The largest absolute Gasteiger partial charge is 0.379 e. The molecular weight excluding hydrogens is 327 g/mol. The molecule has 1 aliphatic heterocycles. The first-order chi connectivity index (χ1) is 11.8. The molecule has 0 spiro atoms. The molecule has 1 unspecified atom stereocenters. The number of hydrogen-bond donors (Lipinski definition) is 1. The van der Waals surface area contributed by atoms with E-state index in [0.29, 0.717) is 18.7 Å². The molecular formula is C19H22ClFN2O. The van der Waals surface area contributed by atoms with E-state index in [2.05, 4.69) is 16.3 Å². The average Bonchev–Trinajstić information content (AvgIpc) is 2.62. The summed E-state index contributed by atoms with van der Waals surface area (Å²) in [6, 6.07) is 14.9. The van der Waals surface area contributed by atoms with E-state index in [4.69, 9.17) is 16.3 Å². The topological polar surface area (TPSA) is 24.5 Å². The van der Waals surface area contributed by atoms with Gasteiger partial charge in [0.1, 0.15) is 5.82 Å². The normalized spacial score (nSPS) is 16.9. The Balaban J connectivity index is 1.70. The van der Waals surface area contributed by atoms with Gasteiger partial charge in [-0.15, -0.1) is 0 Å². The molecule has 24 heavy (non-hydrogen) atoms. The van der Waals surface area contributed by atoms with Crippen LogP contribution in [0.3, 0.4) is 0 Å². The lowest BCUT2D eigenvalue weighted by molar-refractivity contribution is 0.0161. The van der Waals surface area contributed by atoms with Crippen molar-refractivity contribution in [2.45, 2.75) is 12.6 Å². The molecule has 3 nitrogen and oxygen atoms in total. The lowest BCUT2D eigenvalue weighted by Gasteiger charge is -2.35. The van der Waals surface area contributed by atoms with E-state index >= 15 is 0 Å². The van der Waals surface area contributed by atoms with E-state index in [1.54, 1.807) is 6.07 Å². The Hall–Kier alpha value is -1.46. The van der Waals surface area contributed by atoms with Crippen molar-refractivity contribution in [2.24, 2.45) is 0 Å². The third-order valence-corrected chi connectivity index (χ3v) is 4.71. The maximum atomic E-state index is 13.8. The smallest absolute Gasteiger partial charge is 0.127 e. The highest BCUT2D eigenvalue weighted by atomic mass is 35.5. The van der Waals surface area contributed by atoms with Gasteiger partial charge in [0.15, 0.2) is 0 Å². The summed E-state index contributed by atoms with van der Waals surface area (Å²) in [6.45, 7) is 4.41. The average molecular weight is 349 g/mol. The molecule has 0 radical (unpaired) electrons. The summed E-state index contributed by atoms with van der Waals surface area (Å²) in [5, 5.41) is 4.15. The number of nitrogens with zero attached hydrogens (tertiary/aromatic N) is 1. The van der Waals surface area contributed by atoms with Crippen LogP contribution in [0.1, 0.15) is 17.2 Å². The predicted octanol–water partition coefficient (Wildman–Crippen LogP) is 3.64. The van der Waals surface area contributed by atoms with E-state index in [0.717, 1.165) is 36.9 Å². The first kappa shape index (κ1) is 17.4. The zero-order chi connectivity index (χ0) is 16.8. The second-order valence-electron chi connectivity index (χ2n) is 5.91. The molecule has 1 saturated heterocycles. The Morgan fingerprint density at radius 2 is 1.79 bits per heavy atom. The monoisotopic (exact) mass is 348 g/mol. The van der Waals surface area contributed by atoms with Crippen molar-refractivity contribution in [3.05, 3.63) is 70.5 Å². The lowest BCUT2D eigenvalue weighted by Crippen LogP contribution is -2.42. The van der Waals surface area contributed by atoms with Gasteiger partial charge in [0.25, 0.3) is 0 Å². The quantitative estimate of drug-likeness (QED) is 0.862. The Bertz CT molecular complexity index is 661. The molecule has 0 aliphatic carbocycles. The second kappa shape index (κ2) is 8.58. The molecule has 0 amide bonds. The van der Waals surface area contributed by atoms with E-state index < -0.39 is 0 Å². The number of hydrogen-bond acceptors (Lipinski definition) is 3. The summed E-state index contributed by atoms with van der Waals surface area (Å²) in [6.07, 6.45) is 0. The van der Waals surface area contributed by atoms with Crippen molar-refractivity contribution in [3.8, 4) is 0 Å². The van der Waals surface area contributed by atoms with Crippen LogP contribution in [0, 0.1) is 5.82 Å². The first-order valence-corrected chi connectivity index (χ1v) is 8.64. The van der Waals surface area contributed by atoms with Crippen molar-refractivity contribution < 1.29 is 9.13 Å². The van der Waals surface area contributed by atoms with Crippen LogP contribution in [0.4, 0.5) is 4.39 Å². The summed E-state index contributed by atoms with van der Waals surface area (Å²) in [5.74, 6) is -0.175. The van der Waals surface area contributed by atoms with Gasteiger partial charge < -0.3 is 10.1 Å². The summed E-state index contributed by atoms with van der Waals surface area (Å²) >= 11 is 6.41. The molecule has 1 aliphatic rings.